The molecular weight excluding hydrogens is 376 g/mol. The van der Waals surface area contributed by atoms with Gasteiger partial charge in [0.05, 0.1) is 0 Å². The third kappa shape index (κ3) is 2.80. The summed E-state index contributed by atoms with van der Waals surface area (Å²) in [4.78, 5) is 4.62. The number of nitrogens with one attached hydrogen (secondary N) is 1. The summed E-state index contributed by atoms with van der Waals surface area (Å²) < 4.78 is 7.36. The van der Waals surface area contributed by atoms with Crippen molar-refractivity contribution in [3.63, 3.8) is 0 Å². The Kier molecular flexibility index (Phi) is 3.93. The molecule has 1 N–H and O–H groups in total. The Bertz CT molecular complexity index is 749. The van der Waals surface area contributed by atoms with Crippen LogP contribution in [-0.2, 0) is 0 Å². The largest absolute Gasteiger partial charge is 0.449 e. The number of fused-ring (bicyclic) bond motifs is 3. The zero-order valence-corrected chi connectivity index (χ0v) is 15.2. The van der Waals surface area contributed by atoms with Crippen molar-refractivity contribution in [2.75, 3.05) is 11.1 Å². The van der Waals surface area contributed by atoms with Gasteiger partial charge in [-0.25, -0.2) is 0 Å². The van der Waals surface area contributed by atoms with Crippen molar-refractivity contribution in [3.8, 4) is 17.1 Å². The molecule has 0 radical (unpaired) electrons. The Hall–Kier alpha value is -1.34. The second kappa shape index (κ2) is 5.94. The number of aromatic nitrogens is 3. The van der Waals surface area contributed by atoms with Crippen LogP contribution in [0, 0.1) is 0 Å². The maximum absolute atomic E-state index is 6.36. The van der Waals surface area contributed by atoms with Gasteiger partial charge in [-0.3, -0.25) is 0 Å². The molecule has 1 aliphatic heterocycles. The van der Waals surface area contributed by atoms with Crippen molar-refractivity contribution in [2.45, 2.75) is 43.5 Å². The number of anilines is 1. The maximum atomic E-state index is 6.36. The average Bonchev–Trinajstić information content (AvgIpc) is 2.93. The minimum Gasteiger partial charge on any atom is -0.449 e. The Morgan fingerprint density at radius 3 is 2.91 bits per heavy atom. The average molecular weight is 393 g/mol. The molecule has 120 valence electrons. The van der Waals surface area contributed by atoms with Crippen LogP contribution in [0.5, 0.6) is 5.88 Å². The molecule has 2 heterocycles. The second-order valence-corrected chi connectivity index (χ2v) is 7.95. The smallest absolute Gasteiger partial charge is 0.247 e. The Labute approximate surface area is 147 Å². The maximum Gasteiger partial charge on any atom is 0.247 e. The molecule has 0 atom stereocenters. The number of ether oxygens (including phenoxy) is 1. The molecule has 0 saturated heterocycles. The summed E-state index contributed by atoms with van der Waals surface area (Å²) in [6.07, 6.45) is 4.26. The third-order valence-electron chi connectivity index (χ3n) is 4.21. The molecule has 1 spiro atoms. The number of thioether (sulfide) groups is 1. The number of nitrogens with zero attached hydrogens (tertiary/aromatic N) is 3. The van der Waals surface area contributed by atoms with E-state index in [9.17, 15) is 0 Å². The molecule has 1 aliphatic carbocycles. The highest BCUT2D eigenvalue weighted by molar-refractivity contribution is 9.10. The normalized spacial score (nSPS) is 17.8. The topological polar surface area (TPSA) is 59.9 Å². The molecule has 7 heteroatoms. The van der Waals surface area contributed by atoms with E-state index in [-0.39, 0.29) is 5.72 Å². The Morgan fingerprint density at radius 1 is 1.30 bits per heavy atom. The molecule has 4 rings (SSSR count). The van der Waals surface area contributed by atoms with Crippen LogP contribution in [0.1, 0.15) is 32.6 Å². The van der Waals surface area contributed by atoms with Crippen LogP contribution >= 0.6 is 27.7 Å². The van der Waals surface area contributed by atoms with Gasteiger partial charge in [-0.15, -0.1) is 10.2 Å². The molecule has 1 aromatic heterocycles. The van der Waals surface area contributed by atoms with E-state index in [1.54, 1.807) is 11.8 Å². The minimum atomic E-state index is -0.377. The van der Waals surface area contributed by atoms with Gasteiger partial charge in [0.1, 0.15) is 0 Å². The standard InChI is InChI=1S/C16H17BrN4OS/c1-2-23-15-18-14-13(20-21-15)11-9-10(17)5-6-12(11)19-16(22-14)7-3-4-8-16/h5-6,9,19H,2-4,7-8H2,1H3. The van der Waals surface area contributed by atoms with Gasteiger partial charge in [-0.1, -0.05) is 34.6 Å². The molecular formula is C16H17BrN4OS. The van der Waals surface area contributed by atoms with Crippen LogP contribution in [0.4, 0.5) is 5.69 Å². The summed E-state index contributed by atoms with van der Waals surface area (Å²) in [7, 11) is 0. The van der Waals surface area contributed by atoms with E-state index in [0.717, 1.165) is 47.2 Å². The van der Waals surface area contributed by atoms with Gasteiger partial charge in [0.15, 0.2) is 11.4 Å². The van der Waals surface area contributed by atoms with Crippen molar-refractivity contribution >= 4 is 33.4 Å². The lowest BCUT2D eigenvalue weighted by molar-refractivity contribution is 0.101. The molecule has 1 fully saturated rings. The number of rotatable bonds is 2. The highest BCUT2D eigenvalue weighted by Crippen LogP contribution is 2.44. The van der Waals surface area contributed by atoms with Gasteiger partial charge in [0, 0.05) is 28.6 Å². The van der Waals surface area contributed by atoms with Crippen LogP contribution in [-0.4, -0.2) is 26.7 Å². The van der Waals surface area contributed by atoms with E-state index in [4.69, 9.17) is 4.74 Å². The summed E-state index contributed by atoms with van der Waals surface area (Å²) in [5.74, 6) is 1.49. The van der Waals surface area contributed by atoms with E-state index < -0.39 is 0 Å². The number of hydrogen-bond donors (Lipinski definition) is 1. The third-order valence-corrected chi connectivity index (χ3v) is 5.42. The zero-order valence-electron chi connectivity index (χ0n) is 12.8. The van der Waals surface area contributed by atoms with Crippen LogP contribution in [0.3, 0.4) is 0 Å². The summed E-state index contributed by atoms with van der Waals surface area (Å²) in [6, 6.07) is 6.14. The molecule has 0 unspecified atom stereocenters. The van der Waals surface area contributed by atoms with Gasteiger partial charge in [0.25, 0.3) is 0 Å². The minimum absolute atomic E-state index is 0.377. The van der Waals surface area contributed by atoms with Gasteiger partial charge >= 0.3 is 0 Å². The van der Waals surface area contributed by atoms with E-state index in [0.29, 0.717) is 16.7 Å². The van der Waals surface area contributed by atoms with Crippen molar-refractivity contribution in [3.05, 3.63) is 22.7 Å². The monoisotopic (exact) mass is 392 g/mol. The molecule has 0 bridgehead atoms. The zero-order chi connectivity index (χ0) is 15.9. The second-order valence-electron chi connectivity index (χ2n) is 5.80. The molecule has 0 amide bonds. The number of benzene rings is 1. The van der Waals surface area contributed by atoms with Crippen LogP contribution in [0.15, 0.2) is 27.8 Å². The first kappa shape index (κ1) is 15.2. The summed E-state index contributed by atoms with van der Waals surface area (Å²) in [5.41, 5.74) is 2.34. The molecule has 1 aromatic carbocycles. The van der Waals surface area contributed by atoms with Crippen molar-refractivity contribution in [1.82, 2.24) is 15.2 Å². The first-order valence-electron chi connectivity index (χ1n) is 7.84. The highest BCUT2D eigenvalue weighted by atomic mass is 79.9. The van der Waals surface area contributed by atoms with Gasteiger partial charge in [0.2, 0.25) is 11.0 Å². The molecule has 2 aromatic rings. The molecule has 5 nitrogen and oxygen atoms in total. The lowest BCUT2D eigenvalue weighted by Crippen LogP contribution is -2.41. The number of halogens is 1. The van der Waals surface area contributed by atoms with E-state index in [1.807, 2.05) is 12.1 Å². The van der Waals surface area contributed by atoms with E-state index in [1.165, 1.54) is 0 Å². The van der Waals surface area contributed by atoms with Gasteiger partial charge < -0.3 is 10.1 Å². The first-order chi connectivity index (χ1) is 11.2. The molecule has 1 saturated carbocycles. The van der Waals surface area contributed by atoms with Crippen molar-refractivity contribution in [1.29, 1.82) is 0 Å². The van der Waals surface area contributed by atoms with Crippen LogP contribution < -0.4 is 10.1 Å². The summed E-state index contributed by atoms with van der Waals surface area (Å²) in [6.45, 7) is 2.08. The van der Waals surface area contributed by atoms with Crippen LogP contribution in [0.25, 0.3) is 11.3 Å². The fraction of sp³-hybridized carbons (Fsp3) is 0.438. The van der Waals surface area contributed by atoms with Gasteiger partial charge in [-0.05, 0) is 36.8 Å². The lowest BCUT2D eigenvalue weighted by atomic mass is 10.1. The first-order valence-corrected chi connectivity index (χ1v) is 9.62. The molecule has 2 aliphatic rings. The fourth-order valence-electron chi connectivity index (χ4n) is 3.18. The predicted octanol–water partition coefficient (Wildman–Crippen LogP) is 4.49. The van der Waals surface area contributed by atoms with Crippen molar-refractivity contribution in [2.24, 2.45) is 0 Å². The van der Waals surface area contributed by atoms with Gasteiger partial charge in [-0.2, -0.15) is 4.98 Å². The summed E-state index contributed by atoms with van der Waals surface area (Å²) >= 11 is 5.12. The number of hydrogen-bond acceptors (Lipinski definition) is 6. The fourth-order valence-corrected chi connectivity index (χ4v) is 4.04. The van der Waals surface area contributed by atoms with E-state index >= 15 is 0 Å². The Balaban J connectivity index is 1.88. The molecule has 23 heavy (non-hydrogen) atoms. The Morgan fingerprint density at radius 2 is 2.13 bits per heavy atom. The van der Waals surface area contributed by atoms with E-state index in [2.05, 4.69) is 49.4 Å². The van der Waals surface area contributed by atoms with Crippen molar-refractivity contribution < 1.29 is 4.74 Å². The SMILES string of the molecule is CCSc1nnc2c(n1)OC1(CCCC1)Nc1ccc(Br)cc1-2. The quantitative estimate of drug-likeness (QED) is 0.759. The summed E-state index contributed by atoms with van der Waals surface area (Å²) in [5, 5.41) is 12.9. The lowest BCUT2D eigenvalue weighted by Gasteiger charge is -2.30. The predicted molar refractivity (Wildman–Crippen MR) is 94.8 cm³/mol. The van der Waals surface area contributed by atoms with Crippen LogP contribution in [0.2, 0.25) is 0 Å². The highest BCUT2D eigenvalue weighted by Gasteiger charge is 2.40.